The van der Waals surface area contributed by atoms with Gasteiger partial charge in [-0.2, -0.15) is 0 Å². The number of methoxy groups -OCH3 is 1. The first-order valence-electron chi connectivity index (χ1n) is 7.12. The van der Waals surface area contributed by atoms with Gasteiger partial charge >= 0.3 is 0 Å². The van der Waals surface area contributed by atoms with E-state index in [9.17, 15) is 0 Å². The van der Waals surface area contributed by atoms with Gasteiger partial charge in [-0.15, -0.1) is 0 Å². The van der Waals surface area contributed by atoms with Crippen molar-refractivity contribution in [2.45, 2.75) is 38.8 Å². The van der Waals surface area contributed by atoms with E-state index in [4.69, 9.17) is 10.5 Å². The molecule has 0 spiro atoms. The molecule has 0 heterocycles. The topological polar surface area (TPSA) is 38.5 Å². The molecule has 3 heteroatoms. The van der Waals surface area contributed by atoms with E-state index >= 15 is 0 Å². The van der Waals surface area contributed by atoms with Crippen LogP contribution in [0.15, 0.2) is 24.3 Å². The zero-order valence-electron chi connectivity index (χ0n) is 12.7. The smallest absolute Gasteiger partial charge is 0.0498 e. The summed E-state index contributed by atoms with van der Waals surface area (Å²) in [6, 6.07) is 8.98. The van der Waals surface area contributed by atoms with E-state index in [-0.39, 0.29) is 12.1 Å². The number of likely N-dealkylation sites (N-methyl/N-ethyl adjacent to an activating group) is 1. The summed E-state index contributed by atoms with van der Waals surface area (Å²) in [4.78, 5) is 2.36. The SMILES string of the molecule is CCC(N)C(c1ccccc1C)N(C)CCCOC. The summed E-state index contributed by atoms with van der Waals surface area (Å²) < 4.78 is 5.13. The van der Waals surface area contributed by atoms with Crippen LogP contribution in [0.3, 0.4) is 0 Å². The van der Waals surface area contributed by atoms with Gasteiger partial charge in [-0.3, -0.25) is 4.90 Å². The summed E-state index contributed by atoms with van der Waals surface area (Å²) in [7, 11) is 3.90. The van der Waals surface area contributed by atoms with E-state index in [1.54, 1.807) is 7.11 Å². The lowest BCUT2D eigenvalue weighted by Crippen LogP contribution is -2.39. The predicted octanol–water partition coefficient (Wildman–Crippen LogP) is 2.74. The Labute approximate surface area is 117 Å². The summed E-state index contributed by atoms with van der Waals surface area (Å²) in [5.74, 6) is 0. The van der Waals surface area contributed by atoms with Crippen LogP contribution in [0.4, 0.5) is 0 Å². The van der Waals surface area contributed by atoms with Crippen molar-refractivity contribution in [3.8, 4) is 0 Å². The van der Waals surface area contributed by atoms with Crippen LogP contribution >= 0.6 is 0 Å². The highest BCUT2D eigenvalue weighted by molar-refractivity contribution is 5.29. The van der Waals surface area contributed by atoms with Crippen LogP contribution in [-0.4, -0.2) is 38.3 Å². The average molecular weight is 264 g/mol. The van der Waals surface area contributed by atoms with Crippen LogP contribution in [0.1, 0.15) is 36.9 Å². The van der Waals surface area contributed by atoms with Crippen LogP contribution in [-0.2, 0) is 4.74 Å². The van der Waals surface area contributed by atoms with Gasteiger partial charge in [-0.25, -0.2) is 0 Å². The Bertz CT molecular complexity index is 368. The van der Waals surface area contributed by atoms with Gasteiger partial charge in [0.2, 0.25) is 0 Å². The van der Waals surface area contributed by atoms with E-state index in [1.807, 2.05) is 0 Å². The largest absolute Gasteiger partial charge is 0.385 e. The minimum Gasteiger partial charge on any atom is -0.385 e. The van der Waals surface area contributed by atoms with Gasteiger partial charge in [0.15, 0.2) is 0 Å². The molecule has 0 aliphatic rings. The zero-order valence-corrected chi connectivity index (χ0v) is 12.7. The Balaban J connectivity index is 2.86. The summed E-state index contributed by atoms with van der Waals surface area (Å²) in [6.07, 6.45) is 2.01. The van der Waals surface area contributed by atoms with Crippen molar-refractivity contribution >= 4 is 0 Å². The standard InChI is InChI=1S/C16H28N2O/c1-5-15(17)16(18(3)11-8-12-19-4)14-10-7-6-9-13(14)2/h6-7,9-10,15-16H,5,8,11-12,17H2,1-4H3. The first-order chi connectivity index (χ1) is 9.11. The van der Waals surface area contributed by atoms with E-state index < -0.39 is 0 Å². The number of rotatable bonds is 8. The number of ether oxygens (including phenoxy) is 1. The first-order valence-corrected chi connectivity index (χ1v) is 7.12. The average Bonchev–Trinajstić information content (AvgIpc) is 2.41. The molecule has 1 rings (SSSR count). The maximum Gasteiger partial charge on any atom is 0.0498 e. The van der Waals surface area contributed by atoms with Gasteiger partial charge in [-0.05, 0) is 37.9 Å². The summed E-state index contributed by atoms with van der Waals surface area (Å²) in [5.41, 5.74) is 9.01. The van der Waals surface area contributed by atoms with Crippen LogP contribution in [0.2, 0.25) is 0 Å². The van der Waals surface area contributed by atoms with Crippen molar-refractivity contribution in [2.24, 2.45) is 5.73 Å². The van der Waals surface area contributed by atoms with Crippen molar-refractivity contribution in [2.75, 3.05) is 27.3 Å². The zero-order chi connectivity index (χ0) is 14.3. The number of hydrogen-bond donors (Lipinski definition) is 1. The fourth-order valence-corrected chi connectivity index (χ4v) is 2.53. The minimum atomic E-state index is 0.161. The van der Waals surface area contributed by atoms with Crippen LogP contribution in [0.25, 0.3) is 0 Å². The lowest BCUT2D eigenvalue weighted by atomic mass is 9.93. The molecule has 0 amide bonds. The summed E-state index contributed by atoms with van der Waals surface area (Å²) >= 11 is 0. The molecule has 0 aliphatic carbocycles. The predicted molar refractivity (Wildman–Crippen MR) is 81.3 cm³/mol. The highest BCUT2D eigenvalue weighted by Crippen LogP contribution is 2.26. The quantitative estimate of drug-likeness (QED) is 0.734. The molecule has 108 valence electrons. The molecule has 0 bridgehead atoms. The Morgan fingerprint density at radius 3 is 2.58 bits per heavy atom. The van der Waals surface area contributed by atoms with Crippen LogP contribution in [0.5, 0.6) is 0 Å². The number of benzene rings is 1. The molecule has 0 aliphatic heterocycles. The highest BCUT2D eigenvalue weighted by atomic mass is 16.5. The summed E-state index contributed by atoms with van der Waals surface area (Å²) in [6.45, 7) is 6.11. The number of hydrogen-bond acceptors (Lipinski definition) is 3. The van der Waals surface area contributed by atoms with Crippen molar-refractivity contribution in [1.29, 1.82) is 0 Å². The van der Waals surface area contributed by atoms with E-state index in [2.05, 4.69) is 50.1 Å². The van der Waals surface area contributed by atoms with E-state index in [1.165, 1.54) is 11.1 Å². The number of aryl methyl sites for hydroxylation is 1. The van der Waals surface area contributed by atoms with Gasteiger partial charge < -0.3 is 10.5 Å². The van der Waals surface area contributed by atoms with E-state index in [0.717, 1.165) is 26.0 Å². The van der Waals surface area contributed by atoms with Gasteiger partial charge in [0.1, 0.15) is 0 Å². The molecule has 1 aromatic carbocycles. The van der Waals surface area contributed by atoms with Crippen molar-refractivity contribution in [3.05, 3.63) is 35.4 Å². The third kappa shape index (κ3) is 4.60. The second-order valence-electron chi connectivity index (χ2n) is 5.20. The molecule has 2 atom stereocenters. The third-order valence-electron chi connectivity index (χ3n) is 3.72. The lowest BCUT2D eigenvalue weighted by Gasteiger charge is -2.33. The molecule has 0 aromatic heterocycles. The Kier molecular flexibility index (Phi) is 7.06. The molecule has 2 unspecified atom stereocenters. The second kappa shape index (κ2) is 8.31. The Morgan fingerprint density at radius 1 is 1.32 bits per heavy atom. The fraction of sp³-hybridized carbons (Fsp3) is 0.625. The van der Waals surface area contributed by atoms with Crippen molar-refractivity contribution in [1.82, 2.24) is 4.90 Å². The molecule has 19 heavy (non-hydrogen) atoms. The molecular formula is C16H28N2O. The maximum atomic E-state index is 6.35. The molecule has 0 saturated heterocycles. The van der Waals surface area contributed by atoms with Crippen LogP contribution in [0, 0.1) is 6.92 Å². The maximum absolute atomic E-state index is 6.35. The third-order valence-corrected chi connectivity index (χ3v) is 3.72. The van der Waals surface area contributed by atoms with Crippen molar-refractivity contribution < 1.29 is 4.74 Å². The molecule has 3 nitrogen and oxygen atoms in total. The molecule has 0 saturated carbocycles. The van der Waals surface area contributed by atoms with Gasteiger partial charge in [0.25, 0.3) is 0 Å². The van der Waals surface area contributed by atoms with E-state index in [0.29, 0.717) is 0 Å². The second-order valence-corrected chi connectivity index (χ2v) is 5.20. The molecule has 2 N–H and O–H groups in total. The summed E-state index contributed by atoms with van der Waals surface area (Å²) in [5, 5.41) is 0. The number of nitrogens with zero attached hydrogens (tertiary/aromatic N) is 1. The monoisotopic (exact) mass is 264 g/mol. The first kappa shape index (κ1) is 16.2. The Hall–Kier alpha value is -0.900. The van der Waals surface area contributed by atoms with Gasteiger partial charge in [0.05, 0.1) is 0 Å². The Morgan fingerprint density at radius 2 is 2.00 bits per heavy atom. The normalized spacial score (nSPS) is 14.6. The number of nitrogens with two attached hydrogens (primary N) is 1. The minimum absolute atomic E-state index is 0.161. The van der Waals surface area contributed by atoms with Crippen LogP contribution < -0.4 is 5.73 Å². The molecule has 0 fully saturated rings. The lowest BCUT2D eigenvalue weighted by molar-refractivity contribution is 0.155. The highest BCUT2D eigenvalue weighted by Gasteiger charge is 2.23. The van der Waals surface area contributed by atoms with Crippen molar-refractivity contribution in [3.63, 3.8) is 0 Å². The molecule has 1 aromatic rings. The molecule has 0 radical (unpaired) electrons. The van der Waals surface area contributed by atoms with Gasteiger partial charge in [0, 0.05) is 32.3 Å². The fourth-order valence-electron chi connectivity index (χ4n) is 2.53. The molecular weight excluding hydrogens is 236 g/mol. The van der Waals surface area contributed by atoms with Gasteiger partial charge in [-0.1, -0.05) is 31.2 Å².